The molecule has 45 heavy (non-hydrogen) atoms. The summed E-state index contributed by atoms with van der Waals surface area (Å²) < 4.78 is 18.3. The Kier molecular flexibility index (Phi) is 6.88. The van der Waals surface area contributed by atoms with Gasteiger partial charge in [0.15, 0.2) is 0 Å². The monoisotopic (exact) mass is 614 g/mol. The first-order valence-electron chi connectivity index (χ1n) is 17.6. The molecule has 2 bridgehead atoms. The standard InChI is InChI=1S/C40H54O5/c1-25-15-21-39-24-23-38(7)37(6)20-16-29-35(3,4)31(44-32(41)14-11-27-9-12-28(43-8)13-10-27)18-19-36(29,5)30(37)17-22-40(38,45-34(39)42)33(39)26(25)2/h9-14,17,22,25-26,29-31,33H,15-16,18-21,23-24H2,1-8H3/b14-11+/t25-,26+,29+,30-,31+,33-,36+,37-,38+,39+,40+/m1/s1. The third-order valence-electron chi connectivity index (χ3n) is 15.5. The lowest BCUT2D eigenvalue weighted by Crippen LogP contribution is -2.71. The van der Waals surface area contributed by atoms with Crippen LogP contribution >= 0.6 is 0 Å². The molecule has 7 rings (SSSR count). The van der Waals surface area contributed by atoms with Crippen molar-refractivity contribution >= 4 is 18.0 Å². The zero-order valence-corrected chi connectivity index (χ0v) is 28.8. The lowest BCUT2D eigenvalue weighted by atomic mass is 9.32. The first-order valence-corrected chi connectivity index (χ1v) is 17.6. The lowest BCUT2D eigenvalue weighted by Gasteiger charge is -2.72. The highest BCUT2D eigenvalue weighted by molar-refractivity contribution is 5.87. The number of fused-ring (bicyclic) bond motifs is 4. The van der Waals surface area contributed by atoms with Crippen LogP contribution in [0.2, 0.25) is 0 Å². The van der Waals surface area contributed by atoms with Crippen LogP contribution in [0.1, 0.15) is 105 Å². The van der Waals surface area contributed by atoms with E-state index in [1.165, 1.54) is 0 Å². The van der Waals surface area contributed by atoms with Gasteiger partial charge in [-0.3, -0.25) is 4.79 Å². The SMILES string of the molecule is COc1ccc(/C=C/C(=O)O[C@H]2CC[C@]3(C)[C@H]4C=C[C@]56OC(=O)[C@@]7(CC[C@@H](C)[C@H](C)[C@H]75)CC[C@@]6(C)[C@]4(C)CC[C@H]3C2(C)C)cc1. The highest BCUT2D eigenvalue weighted by Crippen LogP contribution is 2.79. The Morgan fingerprint density at radius 3 is 2.38 bits per heavy atom. The molecule has 1 aromatic rings. The zero-order chi connectivity index (χ0) is 32.2. The van der Waals surface area contributed by atoms with E-state index in [4.69, 9.17) is 14.2 Å². The second-order valence-corrected chi connectivity index (χ2v) is 17.3. The van der Waals surface area contributed by atoms with Gasteiger partial charge in [-0.05, 0) is 116 Å². The summed E-state index contributed by atoms with van der Waals surface area (Å²) in [5, 5.41) is 0. The summed E-state index contributed by atoms with van der Waals surface area (Å²) in [5.41, 5.74) is -0.0486. The quantitative estimate of drug-likeness (QED) is 0.193. The number of benzene rings is 1. The Balaban J connectivity index is 1.16. The van der Waals surface area contributed by atoms with E-state index in [1.807, 2.05) is 30.3 Å². The van der Waals surface area contributed by atoms with Gasteiger partial charge in [0.25, 0.3) is 0 Å². The zero-order valence-electron chi connectivity index (χ0n) is 28.8. The molecule has 244 valence electrons. The summed E-state index contributed by atoms with van der Waals surface area (Å²) in [7, 11) is 1.65. The first-order chi connectivity index (χ1) is 21.2. The van der Waals surface area contributed by atoms with Gasteiger partial charge in [-0.15, -0.1) is 0 Å². The van der Waals surface area contributed by atoms with Crippen LogP contribution in [0.5, 0.6) is 5.75 Å². The molecular formula is C40H54O5. The molecule has 4 saturated carbocycles. The second kappa shape index (κ2) is 9.97. The van der Waals surface area contributed by atoms with E-state index >= 15 is 0 Å². The van der Waals surface area contributed by atoms with E-state index < -0.39 is 5.60 Å². The van der Waals surface area contributed by atoms with E-state index in [0.29, 0.717) is 23.7 Å². The Bertz CT molecular complexity index is 1440. The number of allylic oxidation sites excluding steroid dienone is 1. The van der Waals surface area contributed by atoms with Crippen LogP contribution in [-0.2, 0) is 19.1 Å². The van der Waals surface area contributed by atoms with E-state index in [0.717, 1.165) is 62.7 Å². The van der Waals surface area contributed by atoms with E-state index in [2.05, 4.69) is 60.6 Å². The summed E-state index contributed by atoms with van der Waals surface area (Å²) in [6.45, 7) is 17.0. The Morgan fingerprint density at radius 2 is 1.67 bits per heavy atom. The molecule has 5 fully saturated rings. The van der Waals surface area contributed by atoms with Crippen LogP contribution in [0.4, 0.5) is 0 Å². The van der Waals surface area contributed by atoms with Crippen LogP contribution in [0.25, 0.3) is 6.08 Å². The molecule has 1 spiro atoms. The summed E-state index contributed by atoms with van der Waals surface area (Å²) in [6, 6.07) is 7.67. The predicted molar refractivity (Wildman–Crippen MR) is 176 cm³/mol. The molecule has 1 saturated heterocycles. The topological polar surface area (TPSA) is 61.8 Å². The Hall–Kier alpha value is -2.56. The van der Waals surface area contributed by atoms with Crippen molar-refractivity contribution in [2.24, 2.45) is 56.7 Å². The van der Waals surface area contributed by atoms with Crippen LogP contribution in [-0.4, -0.2) is 30.8 Å². The molecule has 0 unspecified atom stereocenters. The first kappa shape index (κ1) is 31.1. The molecular weight excluding hydrogens is 560 g/mol. The van der Waals surface area contributed by atoms with Gasteiger partial charge in [0, 0.05) is 22.8 Å². The highest BCUT2D eigenvalue weighted by atomic mass is 16.6. The normalized spacial score (nSPS) is 47.6. The summed E-state index contributed by atoms with van der Waals surface area (Å²) in [6.07, 6.45) is 16.4. The molecule has 0 amide bonds. The maximum atomic E-state index is 13.9. The van der Waals surface area contributed by atoms with Gasteiger partial charge in [-0.1, -0.05) is 66.7 Å². The predicted octanol–water partition coefficient (Wildman–Crippen LogP) is 8.81. The number of hydrogen-bond acceptors (Lipinski definition) is 5. The Labute approximate surface area is 270 Å². The van der Waals surface area contributed by atoms with Crippen molar-refractivity contribution in [2.45, 2.75) is 112 Å². The van der Waals surface area contributed by atoms with Crippen molar-refractivity contribution in [3.05, 3.63) is 48.1 Å². The minimum atomic E-state index is -0.511. The molecule has 5 heteroatoms. The smallest absolute Gasteiger partial charge is 0.331 e. The van der Waals surface area contributed by atoms with Gasteiger partial charge in [0.05, 0.1) is 12.5 Å². The van der Waals surface area contributed by atoms with Gasteiger partial charge < -0.3 is 14.2 Å². The van der Waals surface area contributed by atoms with Crippen LogP contribution in [0.3, 0.4) is 0 Å². The number of rotatable bonds is 4. The van der Waals surface area contributed by atoms with Crippen LogP contribution in [0.15, 0.2) is 42.5 Å². The summed E-state index contributed by atoms with van der Waals surface area (Å²) in [4.78, 5) is 27.0. The number of ether oxygens (including phenoxy) is 3. The molecule has 5 nitrogen and oxygen atoms in total. The van der Waals surface area contributed by atoms with Crippen molar-refractivity contribution < 1.29 is 23.8 Å². The van der Waals surface area contributed by atoms with E-state index in [9.17, 15) is 9.59 Å². The third-order valence-corrected chi connectivity index (χ3v) is 15.5. The molecule has 5 aliphatic carbocycles. The molecule has 0 N–H and O–H groups in total. The fourth-order valence-corrected chi connectivity index (χ4v) is 12.7. The van der Waals surface area contributed by atoms with Gasteiger partial charge in [0.1, 0.15) is 17.5 Å². The summed E-state index contributed by atoms with van der Waals surface area (Å²) in [5.74, 6) is 2.74. The molecule has 11 atom stereocenters. The molecule has 0 radical (unpaired) electrons. The van der Waals surface area contributed by atoms with E-state index in [-0.39, 0.29) is 51.0 Å². The molecule has 1 aromatic carbocycles. The fourth-order valence-electron chi connectivity index (χ4n) is 12.7. The largest absolute Gasteiger partial charge is 0.497 e. The average Bonchev–Trinajstić information content (AvgIpc) is 3.20. The van der Waals surface area contributed by atoms with Crippen molar-refractivity contribution in [1.82, 2.24) is 0 Å². The summed E-state index contributed by atoms with van der Waals surface area (Å²) >= 11 is 0. The number of carbonyl (C=O) groups is 2. The number of hydrogen-bond donors (Lipinski definition) is 0. The van der Waals surface area contributed by atoms with Crippen molar-refractivity contribution in [2.75, 3.05) is 7.11 Å². The lowest BCUT2D eigenvalue weighted by molar-refractivity contribution is -0.247. The van der Waals surface area contributed by atoms with Crippen molar-refractivity contribution in [3.8, 4) is 5.75 Å². The maximum absolute atomic E-state index is 13.9. The fraction of sp³-hybridized carbons (Fsp3) is 0.700. The minimum Gasteiger partial charge on any atom is -0.497 e. The number of carbonyl (C=O) groups excluding carboxylic acids is 2. The number of methoxy groups -OCH3 is 1. The number of esters is 2. The van der Waals surface area contributed by atoms with Crippen LogP contribution in [0, 0.1) is 56.7 Å². The van der Waals surface area contributed by atoms with E-state index in [1.54, 1.807) is 13.2 Å². The Morgan fingerprint density at radius 1 is 0.933 bits per heavy atom. The van der Waals surface area contributed by atoms with Gasteiger partial charge >= 0.3 is 11.9 Å². The van der Waals surface area contributed by atoms with Crippen LogP contribution < -0.4 is 4.74 Å². The molecule has 1 aliphatic heterocycles. The highest BCUT2D eigenvalue weighted by Gasteiger charge is 2.80. The van der Waals surface area contributed by atoms with Crippen molar-refractivity contribution in [3.63, 3.8) is 0 Å². The average molecular weight is 615 g/mol. The second-order valence-electron chi connectivity index (χ2n) is 17.3. The maximum Gasteiger partial charge on any atom is 0.331 e. The van der Waals surface area contributed by atoms with Gasteiger partial charge in [0.2, 0.25) is 0 Å². The third kappa shape index (κ3) is 3.91. The van der Waals surface area contributed by atoms with Gasteiger partial charge in [-0.25, -0.2) is 4.79 Å². The molecule has 0 aromatic heterocycles. The van der Waals surface area contributed by atoms with Crippen molar-refractivity contribution in [1.29, 1.82) is 0 Å². The molecule has 6 aliphatic rings. The van der Waals surface area contributed by atoms with Gasteiger partial charge in [-0.2, -0.15) is 0 Å². The minimum absolute atomic E-state index is 0.0187. The molecule has 1 heterocycles.